The van der Waals surface area contributed by atoms with Gasteiger partial charge in [-0.25, -0.2) is 0 Å². The molecule has 0 aliphatic carbocycles. The number of benzene rings is 1. The number of hydrogen-bond acceptors (Lipinski definition) is 4. The van der Waals surface area contributed by atoms with Crippen molar-refractivity contribution in [3.8, 4) is 0 Å². The number of carbonyl (C=O) groups excluding carboxylic acids is 2. The van der Waals surface area contributed by atoms with Crippen LogP contribution < -0.4 is 10.6 Å². The van der Waals surface area contributed by atoms with Gasteiger partial charge in [0.05, 0.1) is 6.04 Å². The van der Waals surface area contributed by atoms with E-state index < -0.39 is 0 Å². The standard InChI is InChI=1S/C21H27N5O2/c27-20-4-2-11-25(20)15-17-7-5-16(6-8-17)13-23-21(28)19-9-12-26(24-19)18-3-1-10-22-14-18/h5-9,12,18,22H,1-4,10-11,13-15H2,(H,23,28). The minimum atomic E-state index is -0.158. The number of amides is 2. The molecule has 1 unspecified atom stereocenters. The average Bonchev–Trinajstić information content (AvgIpc) is 3.38. The third-order valence-electron chi connectivity index (χ3n) is 5.51. The molecule has 2 fully saturated rings. The van der Waals surface area contributed by atoms with Gasteiger partial charge in [0, 0.05) is 38.8 Å². The van der Waals surface area contributed by atoms with Crippen LogP contribution in [0.25, 0.3) is 0 Å². The molecule has 1 aromatic heterocycles. The summed E-state index contributed by atoms with van der Waals surface area (Å²) >= 11 is 0. The summed E-state index contributed by atoms with van der Waals surface area (Å²) in [5.74, 6) is 0.0778. The summed E-state index contributed by atoms with van der Waals surface area (Å²) in [7, 11) is 0. The number of piperidine rings is 1. The lowest BCUT2D eigenvalue weighted by Gasteiger charge is -2.22. The SMILES string of the molecule is O=C(NCc1ccc(CN2CCCC2=O)cc1)c1ccn(C2CCCNC2)n1. The molecular weight excluding hydrogens is 354 g/mol. The van der Waals surface area contributed by atoms with E-state index in [4.69, 9.17) is 0 Å². The molecule has 1 aromatic carbocycles. The van der Waals surface area contributed by atoms with Crippen molar-refractivity contribution in [3.63, 3.8) is 0 Å². The van der Waals surface area contributed by atoms with Crippen LogP contribution in [0.1, 0.15) is 53.3 Å². The molecule has 7 heteroatoms. The van der Waals surface area contributed by atoms with E-state index in [0.717, 1.165) is 50.0 Å². The molecule has 0 bridgehead atoms. The van der Waals surface area contributed by atoms with Crippen LogP contribution >= 0.6 is 0 Å². The minimum Gasteiger partial charge on any atom is -0.347 e. The van der Waals surface area contributed by atoms with Gasteiger partial charge in [0.2, 0.25) is 5.91 Å². The molecular formula is C21H27N5O2. The summed E-state index contributed by atoms with van der Waals surface area (Å²) in [6, 6.07) is 10.2. The van der Waals surface area contributed by atoms with Gasteiger partial charge in [-0.15, -0.1) is 0 Å². The lowest BCUT2D eigenvalue weighted by molar-refractivity contribution is -0.128. The molecule has 2 aliphatic rings. The Balaban J connectivity index is 1.28. The quantitative estimate of drug-likeness (QED) is 0.801. The predicted molar refractivity (Wildman–Crippen MR) is 106 cm³/mol. The van der Waals surface area contributed by atoms with Crippen LogP contribution in [0.5, 0.6) is 0 Å². The molecule has 4 rings (SSSR count). The largest absolute Gasteiger partial charge is 0.347 e. The first-order valence-corrected chi connectivity index (χ1v) is 10.1. The molecule has 3 heterocycles. The predicted octanol–water partition coefficient (Wildman–Crippen LogP) is 1.86. The average molecular weight is 381 g/mol. The Kier molecular flexibility index (Phi) is 5.71. The molecule has 0 saturated carbocycles. The van der Waals surface area contributed by atoms with E-state index in [-0.39, 0.29) is 11.8 Å². The number of carbonyl (C=O) groups is 2. The highest BCUT2D eigenvalue weighted by molar-refractivity contribution is 5.92. The number of nitrogens with zero attached hydrogens (tertiary/aromatic N) is 3. The normalized spacial score (nSPS) is 19.8. The Labute approximate surface area is 165 Å². The lowest BCUT2D eigenvalue weighted by Crippen LogP contribution is -2.32. The lowest BCUT2D eigenvalue weighted by atomic mass is 10.1. The third-order valence-corrected chi connectivity index (χ3v) is 5.51. The molecule has 2 N–H and O–H groups in total. The van der Waals surface area contributed by atoms with Gasteiger partial charge in [0.25, 0.3) is 5.91 Å². The molecule has 0 spiro atoms. The number of likely N-dealkylation sites (tertiary alicyclic amines) is 1. The first-order valence-electron chi connectivity index (χ1n) is 10.1. The Morgan fingerprint density at radius 1 is 1.18 bits per heavy atom. The second-order valence-corrected chi connectivity index (χ2v) is 7.60. The summed E-state index contributed by atoms with van der Waals surface area (Å²) in [6.07, 6.45) is 5.73. The summed E-state index contributed by atoms with van der Waals surface area (Å²) in [4.78, 5) is 26.0. The van der Waals surface area contributed by atoms with Crippen LogP contribution in [-0.4, -0.2) is 46.1 Å². The molecule has 2 saturated heterocycles. The summed E-state index contributed by atoms with van der Waals surface area (Å²) in [5.41, 5.74) is 2.60. The van der Waals surface area contributed by atoms with Crippen LogP contribution in [0.4, 0.5) is 0 Å². The van der Waals surface area contributed by atoms with Crippen molar-refractivity contribution in [1.29, 1.82) is 0 Å². The van der Waals surface area contributed by atoms with Crippen molar-refractivity contribution >= 4 is 11.8 Å². The van der Waals surface area contributed by atoms with Gasteiger partial charge in [-0.3, -0.25) is 14.3 Å². The van der Waals surface area contributed by atoms with Gasteiger partial charge >= 0.3 is 0 Å². The van der Waals surface area contributed by atoms with E-state index in [1.165, 1.54) is 0 Å². The van der Waals surface area contributed by atoms with Crippen molar-refractivity contribution in [2.75, 3.05) is 19.6 Å². The molecule has 2 aliphatic heterocycles. The van der Waals surface area contributed by atoms with Gasteiger partial charge in [-0.05, 0) is 43.0 Å². The fourth-order valence-corrected chi connectivity index (χ4v) is 3.85. The maximum atomic E-state index is 12.4. The number of rotatable bonds is 6. The van der Waals surface area contributed by atoms with Gasteiger partial charge in [0.1, 0.15) is 5.69 Å². The van der Waals surface area contributed by atoms with Crippen molar-refractivity contribution in [2.24, 2.45) is 0 Å². The first-order chi connectivity index (χ1) is 13.7. The minimum absolute atomic E-state index is 0.158. The number of hydrogen-bond donors (Lipinski definition) is 2. The van der Waals surface area contributed by atoms with Crippen LogP contribution in [0.2, 0.25) is 0 Å². The smallest absolute Gasteiger partial charge is 0.272 e. The zero-order valence-electron chi connectivity index (χ0n) is 16.1. The summed E-state index contributed by atoms with van der Waals surface area (Å²) < 4.78 is 1.90. The van der Waals surface area contributed by atoms with Crippen LogP contribution in [0.3, 0.4) is 0 Å². The first kappa shape index (κ1) is 18.7. The number of aromatic nitrogens is 2. The van der Waals surface area contributed by atoms with E-state index in [9.17, 15) is 9.59 Å². The van der Waals surface area contributed by atoms with Crippen molar-refractivity contribution in [3.05, 3.63) is 53.3 Å². The maximum Gasteiger partial charge on any atom is 0.272 e. The fraction of sp³-hybridized carbons (Fsp3) is 0.476. The second-order valence-electron chi connectivity index (χ2n) is 7.60. The molecule has 0 radical (unpaired) electrons. The van der Waals surface area contributed by atoms with Gasteiger partial charge in [-0.1, -0.05) is 24.3 Å². The van der Waals surface area contributed by atoms with Crippen LogP contribution in [0, 0.1) is 0 Å². The Bertz CT molecular complexity index is 824. The van der Waals surface area contributed by atoms with Gasteiger partial charge in [-0.2, -0.15) is 5.10 Å². The zero-order chi connectivity index (χ0) is 19.3. The molecule has 2 amide bonds. The molecule has 2 aromatic rings. The second kappa shape index (κ2) is 8.56. The maximum absolute atomic E-state index is 12.4. The van der Waals surface area contributed by atoms with E-state index >= 15 is 0 Å². The molecule has 148 valence electrons. The van der Waals surface area contributed by atoms with E-state index in [1.807, 2.05) is 40.0 Å². The molecule has 1 atom stereocenters. The van der Waals surface area contributed by atoms with Crippen molar-refractivity contribution in [2.45, 2.75) is 44.8 Å². The van der Waals surface area contributed by atoms with Gasteiger partial charge < -0.3 is 15.5 Å². The third kappa shape index (κ3) is 4.42. The van der Waals surface area contributed by atoms with Crippen molar-refractivity contribution < 1.29 is 9.59 Å². The van der Waals surface area contributed by atoms with E-state index in [2.05, 4.69) is 15.7 Å². The van der Waals surface area contributed by atoms with Crippen LogP contribution in [0.15, 0.2) is 36.5 Å². The zero-order valence-corrected chi connectivity index (χ0v) is 16.1. The highest BCUT2D eigenvalue weighted by Crippen LogP contribution is 2.16. The Morgan fingerprint density at radius 2 is 2.00 bits per heavy atom. The number of nitrogens with one attached hydrogen (secondary N) is 2. The molecule has 28 heavy (non-hydrogen) atoms. The van der Waals surface area contributed by atoms with Crippen molar-refractivity contribution in [1.82, 2.24) is 25.3 Å². The highest BCUT2D eigenvalue weighted by Gasteiger charge is 2.20. The monoisotopic (exact) mass is 381 g/mol. The Morgan fingerprint density at radius 3 is 2.71 bits per heavy atom. The van der Waals surface area contributed by atoms with Gasteiger partial charge in [0.15, 0.2) is 0 Å². The van der Waals surface area contributed by atoms with E-state index in [0.29, 0.717) is 31.2 Å². The highest BCUT2D eigenvalue weighted by atomic mass is 16.2. The molecule has 7 nitrogen and oxygen atoms in total. The fourth-order valence-electron chi connectivity index (χ4n) is 3.85. The summed E-state index contributed by atoms with van der Waals surface area (Å²) in [5, 5.41) is 10.8. The Hall–Kier alpha value is -2.67. The topological polar surface area (TPSA) is 79.3 Å². The van der Waals surface area contributed by atoms with Crippen LogP contribution in [-0.2, 0) is 17.9 Å². The summed E-state index contributed by atoms with van der Waals surface area (Å²) in [6.45, 7) is 3.93. The van der Waals surface area contributed by atoms with E-state index in [1.54, 1.807) is 6.07 Å².